The van der Waals surface area contributed by atoms with Crippen LogP contribution in [0.25, 0.3) is 0 Å². The van der Waals surface area contributed by atoms with E-state index in [0.717, 1.165) is 16.1 Å². The Kier molecular flexibility index (Phi) is 6.41. The number of nitrogens with one attached hydrogen (secondary N) is 1. The summed E-state index contributed by atoms with van der Waals surface area (Å²) < 4.78 is 33.3. The number of rotatable bonds is 10. The summed E-state index contributed by atoms with van der Waals surface area (Å²) in [6, 6.07) is -2.74. The quantitative estimate of drug-likeness (QED) is 0.0908. The molecule has 2 aromatic heterocycles. The van der Waals surface area contributed by atoms with Crippen LogP contribution in [0.15, 0.2) is 10.5 Å². The largest absolute Gasteiger partial charge is 0.478 e. The smallest absolute Gasteiger partial charge is 0.362 e. The van der Waals surface area contributed by atoms with Gasteiger partial charge in [-0.2, -0.15) is 23.4 Å². The zero-order valence-corrected chi connectivity index (χ0v) is 20.2. The van der Waals surface area contributed by atoms with E-state index in [9.17, 15) is 32.5 Å². The lowest BCUT2D eigenvalue weighted by Crippen LogP contribution is -2.73. The van der Waals surface area contributed by atoms with Crippen LogP contribution >= 0.6 is 11.3 Å². The molecule has 2 unspecified atom stereocenters. The molecule has 3 heterocycles. The number of thiazole rings is 1. The van der Waals surface area contributed by atoms with E-state index in [1.54, 1.807) is 6.92 Å². The first-order chi connectivity index (χ1) is 16.9. The highest BCUT2D eigenvalue weighted by Crippen LogP contribution is 2.40. The maximum absolute atomic E-state index is 13.1. The number of oxime groups is 1. The fourth-order valence-corrected chi connectivity index (χ4v) is 4.86. The highest BCUT2D eigenvalue weighted by Gasteiger charge is 2.56. The Morgan fingerprint density at radius 3 is 2.58 bits per heavy atom. The molecular formula is C17H21N9O8S2. The number of aryl methyl sites for hydroxylation is 1. The normalized spacial score (nSPS) is 21.1. The van der Waals surface area contributed by atoms with Crippen LogP contribution < -0.4 is 16.8 Å². The van der Waals surface area contributed by atoms with E-state index in [-0.39, 0.29) is 41.1 Å². The van der Waals surface area contributed by atoms with E-state index in [1.165, 1.54) is 5.38 Å². The van der Waals surface area contributed by atoms with Crippen molar-refractivity contribution in [2.24, 2.45) is 10.9 Å². The van der Waals surface area contributed by atoms with Crippen LogP contribution in [0.5, 0.6) is 0 Å². The van der Waals surface area contributed by atoms with Gasteiger partial charge in [0, 0.05) is 24.8 Å². The summed E-state index contributed by atoms with van der Waals surface area (Å²) in [7, 11) is -4.97. The topological polar surface area (TPSA) is 258 Å². The van der Waals surface area contributed by atoms with Gasteiger partial charge in [0.25, 0.3) is 11.8 Å². The summed E-state index contributed by atoms with van der Waals surface area (Å²) >= 11 is 0.973. The van der Waals surface area contributed by atoms with Crippen molar-refractivity contribution in [2.75, 3.05) is 5.73 Å². The fraction of sp³-hybridized carbons (Fsp3) is 0.471. The summed E-state index contributed by atoms with van der Waals surface area (Å²) in [5.74, 6) is -3.41. The highest BCUT2D eigenvalue weighted by atomic mass is 32.2. The number of nitrogens with two attached hydrogens (primary N) is 2. The molecule has 0 aromatic carbocycles. The Bertz CT molecular complexity index is 1360. The lowest BCUT2D eigenvalue weighted by Gasteiger charge is -2.43. The molecule has 194 valence electrons. The first kappa shape index (κ1) is 25.4. The maximum Gasteiger partial charge on any atom is 0.362 e. The number of aliphatic carboxylic acids is 1. The Balaban J connectivity index is 1.60. The molecule has 1 saturated carbocycles. The van der Waals surface area contributed by atoms with E-state index in [4.69, 9.17) is 16.3 Å². The summed E-state index contributed by atoms with van der Waals surface area (Å²) in [6.45, 7) is 1.38. The number of β-lactam (4-membered cyclic amide) rings is 1. The summed E-state index contributed by atoms with van der Waals surface area (Å²) in [6.07, 6.45) is 0.348. The standard InChI is InChI=1S/C17H21N9O8S2/c1-7-8(4-18)23-25(22-7)5-10-12(14(28)26(10)36(31,32)33)21-13(27)11(9-6-35-16(19)20-9)24-34-17(2-3-17)15(29)30/h6,10,12H,2-5,18H2,1H3,(H2,19,20)(H,21,27)(H,29,30)(H,31,32,33)/b24-11-. The number of carbonyl (C=O) groups excluding carboxylic acids is 2. The second-order valence-electron chi connectivity index (χ2n) is 8.02. The molecule has 1 aliphatic carbocycles. The SMILES string of the molecule is Cc1nn(CC2C(NC(=O)/C(=N\OC3(C(=O)O)CC3)c3csc(N)n3)C(=O)N2S(=O)(=O)O)nc1CN. The number of carboxylic acids is 1. The molecule has 7 N–H and O–H groups in total. The van der Waals surface area contributed by atoms with Crippen molar-refractivity contribution in [3.05, 3.63) is 22.5 Å². The monoisotopic (exact) mass is 543 g/mol. The first-order valence-electron chi connectivity index (χ1n) is 10.3. The van der Waals surface area contributed by atoms with E-state index >= 15 is 0 Å². The van der Waals surface area contributed by atoms with Crippen LogP contribution in [0.4, 0.5) is 5.13 Å². The van der Waals surface area contributed by atoms with Crippen molar-refractivity contribution in [3.63, 3.8) is 0 Å². The van der Waals surface area contributed by atoms with Crippen LogP contribution in [-0.4, -0.2) is 83.5 Å². The van der Waals surface area contributed by atoms with Gasteiger partial charge in [-0.05, 0) is 6.92 Å². The Morgan fingerprint density at radius 1 is 1.39 bits per heavy atom. The number of hydrogen-bond acceptors (Lipinski definition) is 13. The van der Waals surface area contributed by atoms with Gasteiger partial charge >= 0.3 is 16.3 Å². The van der Waals surface area contributed by atoms with Crippen molar-refractivity contribution in [1.82, 2.24) is 29.6 Å². The molecule has 2 fully saturated rings. The predicted molar refractivity (Wildman–Crippen MR) is 121 cm³/mol. The molecule has 1 aliphatic heterocycles. The Morgan fingerprint density at radius 2 is 2.08 bits per heavy atom. The number of carboxylic acid groups (broad SMARTS) is 1. The minimum Gasteiger partial charge on any atom is -0.478 e. The fourth-order valence-electron chi connectivity index (χ4n) is 3.44. The molecule has 0 spiro atoms. The Hall–Kier alpha value is -3.68. The van der Waals surface area contributed by atoms with Crippen molar-refractivity contribution in [1.29, 1.82) is 0 Å². The Labute approximate surface area is 207 Å². The zero-order chi connectivity index (χ0) is 26.4. The van der Waals surface area contributed by atoms with Crippen LogP contribution in [-0.2, 0) is 42.6 Å². The molecule has 17 nitrogen and oxygen atoms in total. The van der Waals surface area contributed by atoms with Gasteiger partial charge in [0.2, 0.25) is 5.60 Å². The number of nitrogens with zero attached hydrogens (tertiary/aromatic N) is 6. The van der Waals surface area contributed by atoms with Crippen molar-refractivity contribution in [2.45, 2.75) is 50.5 Å². The second kappa shape index (κ2) is 9.08. The third-order valence-corrected chi connectivity index (χ3v) is 7.17. The second-order valence-corrected chi connectivity index (χ2v) is 10.2. The third kappa shape index (κ3) is 4.72. The minimum absolute atomic E-state index is 0.0527. The zero-order valence-electron chi connectivity index (χ0n) is 18.6. The van der Waals surface area contributed by atoms with Crippen molar-refractivity contribution >= 4 is 50.3 Å². The maximum atomic E-state index is 13.1. The van der Waals surface area contributed by atoms with Gasteiger partial charge in [-0.1, -0.05) is 5.16 Å². The molecule has 36 heavy (non-hydrogen) atoms. The number of nitrogen functional groups attached to an aromatic ring is 1. The van der Waals surface area contributed by atoms with E-state index in [1.807, 2.05) is 0 Å². The minimum atomic E-state index is -4.97. The van der Waals surface area contributed by atoms with Gasteiger partial charge in [-0.15, -0.1) is 11.3 Å². The highest BCUT2D eigenvalue weighted by molar-refractivity contribution is 7.84. The van der Waals surface area contributed by atoms with Gasteiger partial charge in [0.15, 0.2) is 10.8 Å². The molecule has 0 radical (unpaired) electrons. The van der Waals surface area contributed by atoms with Crippen molar-refractivity contribution < 1.29 is 37.3 Å². The van der Waals surface area contributed by atoms with Gasteiger partial charge in [0.1, 0.15) is 17.8 Å². The average molecular weight is 544 g/mol. The van der Waals surface area contributed by atoms with Crippen LogP contribution in [0.1, 0.15) is 29.9 Å². The molecular weight excluding hydrogens is 522 g/mol. The molecule has 0 bridgehead atoms. The molecule has 2 aliphatic rings. The average Bonchev–Trinajstić information content (AvgIpc) is 3.34. The molecule has 2 aromatic rings. The van der Waals surface area contributed by atoms with Crippen LogP contribution in [0.2, 0.25) is 0 Å². The van der Waals surface area contributed by atoms with Crippen LogP contribution in [0, 0.1) is 6.92 Å². The molecule has 1 saturated heterocycles. The predicted octanol–water partition coefficient (Wildman–Crippen LogP) is -2.38. The number of carbonyl (C=O) groups is 3. The number of amides is 2. The lowest BCUT2D eigenvalue weighted by atomic mass is 9.98. The summed E-state index contributed by atoms with van der Waals surface area (Å²) in [5.41, 5.74) is 10.00. The lowest BCUT2D eigenvalue weighted by molar-refractivity contribution is -0.153. The van der Waals surface area contributed by atoms with Gasteiger partial charge in [-0.3, -0.25) is 14.1 Å². The first-order valence-corrected chi connectivity index (χ1v) is 12.6. The van der Waals surface area contributed by atoms with Gasteiger partial charge in [0.05, 0.1) is 17.9 Å². The molecule has 2 atom stereocenters. The molecule has 4 rings (SSSR count). The third-order valence-electron chi connectivity index (χ3n) is 5.55. The van der Waals surface area contributed by atoms with E-state index < -0.39 is 51.5 Å². The summed E-state index contributed by atoms with van der Waals surface area (Å²) in [5, 5.41) is 25.0. The molecule has 2 amide bonds. The van der Waals surface area contributed by atoms with E-state index in [2.05, 4.69) is 25.7 Å². The van der Waals surface area contributed by atoms with Crippen molar-refractivity contribution in [3.8, 4) is 0 Å². The number of anilines is 1. The molecule has 19 heteroatoms. The van der Waals surface area contributed by atoms with E-state index in [0.29, 0.717) is 11.4 Å². The van der Waals surface area contributed by atoms with Gasteiger partial charge < -0.3 is 26.7 Å². The van der Waals surface area contributed by atoms with Gasteiger partial charge in [-0.25, -0.2) is 14.1 Å². The summed E-state index contributed by atoms with van der Waals surface area (Å²) in [4.78, 5) is 47.2. The number of aromatic nitrogens is 4. The van der Waals surface area contributed by atoms with Crippen LogP contribution in [0.3, 0.4) is 0 Å². The number of hydrogen-bond donors (Lipinski definition) is 5.